The van der Waals surface area contributed by atoms with Gasteiger partial charge in [-0.3, -0.25) is 4.79 Å². The molecule has 3 rings (SSSR count). The average molecular weight is 398 g/mol. The molecule has 0 saturated heterocycles. The van der Waals surface area contributed by atoms with Crippen LogP contribution >= 0.6 is 22.7 Å². The molecule has 1 unspecified atom stereocenters. The molecule has 0 bridgehead atoms. The van der Waals surface area contributed by atoms with Crippen LogP contribution in [0.1, 0.15) is 62.6 Å². The molecule has 0 aliphatic rings. The Hall–Kier alpha value is -2.49. The molecule has 0 N–H and O–H groups in total. The molecule has 0 aliphatic carbocycles. The summed E-state index contributed by atoms with van der Waals surface area (Å²) in [6.45, 7) is 2.10. The molecule has 0 amide bonds. The van der Waals surface area contributed by atoms with Crippen molar-refractivity contribution in [3.8, 4) is 6.07 Å². The number of thiophene rings is 2. The summed E-state index contributed by atoms with van der Waals surface area (Å²) in [4.78, 5) is 25.7. The number of carbonyl (C=O) groups excluding carboxylic acids is 2. The van der Waals surface area contributed by atoms with Crippen LogP contribution in [0.3, 0.4) is 0 Å². The van der Waals surface area contributed by atoms with Crippen molar-refractivity contribution in [2.24, 2.45) is 0 Å². The summed E-state index contributed by atoms with van der Waals surface area (Å²) in [5, 5.41) is 10.3. The van der Waals surface area contributed by atoms with Crippen molar-refractivity contribution in [1.82, 2.24) is 0 Å². The molecule has 0 radical (unpaired) electrons. The fourth-order valence-electron chi connectivity index (χ4n) is 2.91. The average Bonchev–Trinajstić information content (AvgIpc) is 3.27. The molecule has 1 atom stereocenters. The molecule has 0 saturated carbocycles. The van der Waals surface area contributed by atoms with Crippen LogP contribution < -0.4 is 0 Å². The van der Waals surface area contributed by atoms with Gasteiger partial charge in [-0.2, -0.15) is 5.26 Å². The smallest absolute Gasteiger partial charge is 0.348 e. The lowest BCUT2D eigenvalue weighted by Crippen LogP contribution is -2.02. The van der Waals surface area contributed by atoms with Gasteiger partial charge in [-0.1, -0.05) is 38.0 Å². The second-order valence-corrected chi connectivity index (χ2v) is 8.60. The number of rotatable bonds is 7. The van der Waals surface area contributed by atoms with Gasteiger partial charge < -0.3 is 4.74 Å². The summed E-state index contributed by atoms with van der Waals surface area (Å²) in [5.41, 5.74) is 1.48. The van der Waals surface area contributed by atoms with Gasteiger partial charge in [-0.05, 0) is 30.2 Å². The lowest BCUT2D eigenvalue weighted by Gasteiger charge is -2.10. The van der Waals surface area contributed by atoms with Gasteiger partial charge in [0.2, 0.25) is 5.78 Å². The summed E-state index contributed by atoms with van der Waals surface area (Å²) in [6.07, 6.45) is 2.83. The molecular weight excluding hydrogens is 378 g/mol. The third-order valence-corrected chi connectivity index (χ3v) is 6.75. The first kappa shape index (κ1) is 19.3. The number of ether oxygens (including phenoxy) is 1. The number of fused-ring (bicyclic) bond motifs is 1. The van der Waals surface area contributed by atoms with E-state index in [0.717, 1.165) is 34.2 Å². The number of ketones is 1. The molecule has 0 aliphatic heterocycles. The van der Waals surface area contributed by atoms with E-state index in [1.807, 2.05) is 24.3 Å². The molecule has 0 spiro atoms. The van der Waals surface area contributed by atoms with Crippen LogP contribution in [-0.2, 0) is 4.74 Å². The zero-order valence-corrected chi connectivity index (χ0v) is 16.8. The number of unbranched alkanes of at least 4 members (excludes halogenated alkanes) is 1. The van der Waals surface area contributed by atoms with E-state index in [4.69, 9.17) is 4.74 Å². The van der Waals surface area contributed by atoms with E-state index in [2.05, 4.69) is 13.0 Å². The van der Waals surface area contributed by atoms with Crippen LogP contribution in [0.4, 0.5) is 0 Å². The van der Waals surface area contributed by atoms with Crippen LogP contribution in [0.2, 0.25) is 0 Å². The van der Waals surface area contributed by atoms with E-state index in [1.54, 1.807) is 12.1 Å². The van der Waals surface area contributed by atoms with Gasteiger partial charge in [0.25, 0.3) is 0 Å². The van der Waals surface area contributed by atoms with E-state index >= 15 is 0 Å². The number of methoxy groups -OCH3 is 1. The highest BCUT2D eigenvalue weighted by Gasteiger charge is 2.18. The highest BCUT2D eigenvalue weighted by molar-refractivity contribution is 7.39. The maximum Gasteiger partial charge on any atom is 0.348 e. The largest absolute Gasteiger partial charge is 0.465 e. The molecule has 4 nitrogen and oxygen atoms in total. The highest BCUT2D eigenvalue weighted by Crippen LogP contribution is 2.35. The van der Waals surface area contributed by atoms with Gasteiger partial charge in [-0.25, -0.2) is 4.79 Å². The molecule has 0 fully saturated rings. The van der Waals surface area contributed by atoms with Crippen molar-refractivity contribution >= 4 is 43.8 Å². The Bertz CT molecular complexity index is 994. The van der Waals surface area contributed by atoms with Gasteiger partial charge in [0.05, 0.1) is 28.0 Å². The summed E-state index contributed by atoms with van der Waals surface area (Å²) in [6, 6.07) is 13.3. The van der Waals surface area contributed by atoms with Gasteiger partial charge in [-0.15, -0.1) is 22.7 Å². The standard InChI is InChI=1S/C21H19NO3S2/c1-3-4-6-15(12-22)13-7-5-8-14(9-13)19(23)17-10-16-11-18(20(24)25-2)27-21(16)26-17/h5,7-11,15H,3-4,6H2,1-2H3. The first-order valence-electron chi connectivity index (χ1n) is 8.73. The number of nitriles is 1. The molecular formula is C21H19NO3S2. The lowest BCUT2D eigenvalue weighted by molar-refractivity contribution is 0.0606. The van der Waals surface area contributed by atoms with Gasteiger partial charge in [0.15, 0.2) is 0 Å². The minimum absolute atomic E-state index is 0.0583. The zero-order valence-electron chi connectivity index (χ0n) is 15.2. The molecule has 2 aromatic heterocycles. The number of benzene rings is 1. The van der Waals surface area contributed by atoms with Crippen molar-refractivity contribution in [3.05, 3.63) is 57.3 Å². The van der Waals surface area contributed by atoms with E-state index in [0.29, 0.717) is 15.3 Å². The Labute approximate surface area is 166 Å². The quantitative estimate of drug-likeness (QED) is 0.374. The van der Waals surface area contributed by atoms with Gasteiger partial charge >= 0.3 is 5.97 Å². The minimum Gasteiger partial charge on any atom is -0.465 e. The Morgan fingerprint density at radius 2 is 1.93 bits per heavy atom. The Morgan fingerprint density at radius 3 is 2.59 bits per heavy atom. The molecule has 3 aromatic rings. The van der Waals surface area contributed by atoms with Crippen LogP contribution in [0.5, 0.6) is 0 Å². The Morgan fingerprint density at radius 1 is 1.19 bits per heavy atom. The van der Waals surface area contributed by atoms with Gasteiger partial charge in [0, 0.05) is 10.9 Å². The summed E-state index contributed by atoms with van der Waals surface area (Å²) in [5.74, 6) is -0.609. The van der Waals surface area contributed by atoms with Crippen molar-refractivity contribution < 1.29 is 14.3 Å². The number of nitrogens with zero attached hydrogens (tertiary/aromatic N) is 1. The third-order valence-electron chi connectivity index (χ3n) is 4.38. The van der Waals surface area contributed by atoms with Crippen LogP contribution in [0, 0.1) is 11.3 Å². The van der Waals surface area contributed by atoms with E-state index in [1.165, 1.54) is 29.8 Å². The van der Waals surface area contributed by atoms with Crippen LogP contribution in [0.25, 0.3) is 9.40 Å². The third kappa shape index (κ3) is 4.10. The van der Waals surface area contributed by atoms with Crippen molar-refractivity contribution in [1.29, 1.82) is 5.26 Å². The number of esters is 1. The van der Waals surface area contributed by atoms with Crippen molar-refractivity contribution in [3.63, 3.8) is 0 Å². The van der Waals surface area contributed by atoms with Gasteiger partial charge in [0.1, 0.15) is 4.88 Å². The predicted molar refractivity (Wildman–Crippen MR) is 109 cm³/mol. The SMILES string of the molecule is CCCCC(C#N)c1cccc(C(=O)c2cc3cc(C(=O)OC)sc3s2)c1. The maximum atomic E-state index is 12.9. The lowest BCUT2D eigenvalue weighted by atomic mass is 9.93. The van der Waals surface area contributed by atoms with Crippen LogP contribution in [-0.4, -0.2) is 18.9 Å². The first-order chi connectivity index (χ1) is 13.1. The molecule has 6 heteroatoms. The zero-order chi connectivity index (χ0) is 19.4. The second kappa shape index (κ2) is 8.47. The molecule has 1 aromatic carbocycles. The number of carbonyl (C=O) groups is 2. The van der Waals surface area contributed by atoms with Crippen molar-refractivity contribution in [2.75, 3.05) is 7.11 Å². The first-order valence-corrected chi connectivity index (χ1v) is 10.4. The minimum atomic E-state index is -0.362. The maximum absolute atomic E-state index is 12.9. The summed E-state index contributed by atoms with van der Waals surface area (Å²) in [7, 11) is 1.35. The summed E-state index contributed by atoms with van der Waals surface area (Å²) < 4.78 is 5.66. The fraction of sp³-hybridized carbons (Fsp3) is 0.286. The normalized spacial score (nSPS) is 11.9. The number of hydrogen-bond donors (Lipinski definition) is 0. The Balaban J connectivity index is 1.86. The van der Waals surface area contributed by atoms with E-state index in [9.17, 15) is 14.9 Å². The van der Waals surface area contributed by atoms with Crippen LogP contribution in [0.15, 0.2) is 36.4 Å². The fourth-order valence-corrected chi connectivity index (χ4v) is 5.23. The molecule has 27 heavy (non-hydrogen) atoms. The molecule has 2 heterocycles. The Kier molecular flexibility index (Phi) is 6.04. The highest BCUT2D eigenvalue weighted by atomic mass is 32.2. The number of hydrogen-bond acceptors (Lipinski definition) is 6. The monoisotopic (exact) mass is 397 g/mol. The van der Waals surface area contributed by atoms with Crippen molar-refractivity contribution in [2.45, 2.75) is 32.1 Å². The summed E-state index contributed by atoms with van der Waals surface area (Å²) >= 11 is 2.71. The van der Waals surface area contributed by atoms with E-state index < -0.39 is 0 Å². The predicted octanol–water partition coefficient (Wildman–Crippen LogP) is 5.78. The topological polar surface area (TPSA) is 67.2 Å². The molecule has 138 valence electrons. The second-order valence-electron chi connectivity index (χ2n) is 6.23. The van der Waals surface area contributed by atoms with E-state index in [-0.39, 0.29) is 17.7 Å².